The zero-order valence-electron chi connectivity index (χ0n) is 8.37. The predicted molar refractivity (Wildman–Crippen MR) is 57.8 cm³/mol. The zero-order chi connectivity index (χ0) is 12.2. The molecule has 6 nitrogen and oxygen atoms in total. The van der Waals surface area contributed by atoms with E-state index in [0.29, 0.717) is 5.69 Å². The summed E-state index contributed by atoms with van der Waals surface area (Å²) >= 11 is 0. The second kappa shape index (κ2) is 5.26. The maximum absolute atomic E-state index is 10.8. The summed E-state index contributed by atoms with van der Waals surface area (Å²) < 4.78 is 30.4. The summed E-state index contributed by atoms with van der Waals surface area (Å²) in [4.78, 5) is -0.226. The summed E-state index contributed by atoms with van der Waals surface area (Å²) in [5.74, 6) is 0. The van der Waals surface area contributed by atoms with Crippen molar-refractivity contribution >= 4 is 15.8 Å². The minimum absolute atomic E-state index is 0.0887. The maximum atomic E-state index is 10.8. The van der Waals surface area contributed by atoms with Crippen LogP contribution in [-0.2, 0) is 10.1 Å². The third-order valence-electron chi connectivity index (χ3n) is 1.88. The molecule has 16 heavy (non-hydrogen) atoms. The van der Waals surface area contributed by atoms with Crippen molar-refractivity contribution in [2.75, 3.05) is 18.5 Å². The lowest BCUT2D eigenvalue weighted by atomic mass is 10.3. The molecule has 0 bridgehead atoms. The van der Waals surface area contributed by atoms with Crippen molar-refractivity contribution in [3.63, 3.8) is 0 Å². The fraction of sp³-hybridized carbons (Fsp3) is 0.333. The van der Waals surface area contributed by atoms with E-state index in [9.17, 15) is 8.42 Å². The first kappa shape index (κ1) is 12.9. The molecule has 0 saturated carbocycles. The molecule has 0 fully saturated rings. The van der Waals surface area contributed by atoms with Gasteiger partial charge in [0.05, 0.1) is 17.6 Å². The lowest BCUT2D eigenvalue weighted by Crippen LogP contribution is -2.22. The van der Waals surface area contributed by atoms with Gasteiger partial charge in [-0.15, -0.1) is 0 Å². The highest BCUT2D eigenvalue weighted by molar-refractivity contribution is 7.85. The summed E-state index contributed by atoms with van der Waals surface area (Å²) in [5.41, 5.74) is 0.433. The maximum Gasteiger partial charge on any atom is 0.294 e. The van der Waals surface area contributed by atoms with Gasteiger partial charge in [0.15, 0.2) is 0 Å². The SMILES string of the molecule is O=S(=O)(O)c1cccc(NCC(O)CO)c1. The molecule has 0 aliphatic carbocycles. The molecule has 1 aromatic rings. The standard InChI is InChI=1S/C9H13NO5S/c11-6-8(12)5-10-7-2-1-3-9(4-7)16(13,14)15/h1-4,8,10-12H,5-6H2,(H,13,14,15). The molecule has 0 heterocycles. The third kappa shape index (κ3) is 3.78. The minimum atomic E-state index is -4.22. The smallest absolute Gasteiger partial charge is 0.294 e. The van der Waals surface area contributed by atoms with E-state index < -0.39 is 16.2 Å². The molecule has 0 amide bonds. The van der Waals surface area contributed by atoms with Crippen molar-refractivity contribution in [1.82, 2.24) is 0 Å². The molecule has 7 heteroatoms. The van der Waals surface area contributed by atoms with Gasteiger partial charge in [0.25, 0.3) is 10.1 Å². The molecule has 0 aromatic heterocycles. The number of anilines is 1. The van der Waals surface area contributed by atoms with Gasteiger partial charge < -0.3 is 15.5 Å². The van der Waals surface area contributed by atoms with E-state index in [1.165, 1.54) is 18.2 Å². The Hall–Kier alpha value is -1.15. The van der Waals surface area contributed by atoms with Crippen LogP contribution in [0.25, 0.3) is 0 Å². The number of hydrogen-bond donors (Lipinski definition) is 4. The van der Waals surface area contributed by atoms with Gasteiger partial charge >= 0.3 is 0 Å². The van der Waals surface area contributed by atoms with Gasteiger partial charge in [-0.3, -0.25) is 4.55 Å². The van der Waals surface area contributed by atoms with Crippen molar-refractivity contribution in [2.24, 2.45) is 0 Å². The number of aliphatic hydroxyl groups excluding tert-OH is 2. The van der Waals surface area contributed by atoms with Crippen molar-refractivity contribution < 1.29 is 23.2 Å². The van der Waals surface area contributed by atoms with Crippen LogP contribution in [0.5, 0.6) is 0 Å². The fourth-order valence-corrected chi connectivity index (χ4v) is 1.59. The first-order valence-electron chi connectivity index (χ1n) is 4.54. The van der Waals surface area contributed by atoms with Crippen LogP contribution < -0.4 is 5.32 Å². The molecule has 90 valence electrons. The second-order valence-electron chi connectivity index (χ2n) is 3.22. The summed E-state index contributed by atoms with van der Waals surface area (Å²) in [6, 6.07) is 5.53. The third-order valence-corrected chi connectivity index (χ3v) is 2.73. The number of rotatable bonds is 5. The molecular formula is C9H13NO5S. The van der Waals surface area contributed by atoms with Gasteiger partial charge in [0.1, 0.15) is 0 Å². The van der Waals surface area contributed by atoms with Gasteiger partial charge in [0.2, 0.25) is 0 Å². The molecule has 1 rings (SSSR count). The molecular weight excluding hydrogens is 234 g/mol. The van der Waals surface area contributed by atoms with E-state index in [-0.39, 0.29) is 18.0 Å². The Morgan fingerprint density at radius 1 is 1.38 bits per heavy atom. The van der Waals surface area contributed by atoms with Crippen LogP contribution in [0.15, 0.2) is 29.2 Å². The van der Waals surface area contributed by atoms with E-state index in [4.69, 9.17) is 14.8 Å². The van der Waals surface area contributed by atoms with Crippen molar-refractivity contribution in [3.8, 4) is 0 Å². The predicted octanol–water partition coefficient (Wildman–Crippen LogP) is -0.302. The lowest BCUT2D eigenvalue weighted by Gasteiger charge is -2.10. The lowest BCUT2D eigenvalue weighted by molar-refractivity contribution is 0.105. The van der Waals surface area contributed by atoms with Crippen LogP contribution in [0.2, 0.25) is 0 Å². The van der Waals surface area contributed by atoms with Crippen LogP contribution >= 0.6 is 0 Å². The summed E-state index contributed by atoms with van der Waals surface area (Å²) in [6.45, 7) is -0.295. The normalized spacial score (nSPS) is 13.4. The van der Waals surface area contributed by atoms with Gasteiger partial charge in [-0.2, -0.15) is 8.42 Å². The van der Waals surface area contributed by atoms with Crippen molar-refractivity contribution in [1.29, 1.82) is 0 Å². The average molecular weight is 247 g/mol. The zero-order valence-corrected chi connectivity index (χ0v) is 9.18. The summed E-state index contributed by atoms with van der Waals surface area (Å²) in [6.07, 6.45) is -0.922. The van der Waals surface area contributed by atoms with E-state index in [1.54, 1.807) is 6.07 Å². The van der Waals surface area contributed by atoms with Crippen LogP contribution in [-0.4, -0.2) is 42.4 Å². The molecule has 1 atom stereocenters. The number of benzene rings is 1. The van der Waals surface area contributed by atoms with Crippen LogP contribution in [0, 0.1) is 0 Å². The summed E-state index contributed by atoms with van der Waals surface area (Å²) in [5, 5.41) is 20.4. The number of nitrogens with one attached hydrogen (secondary N) is 1. The first-order chi connectivity index (χ1) is 7.43. The Balaban J connectivity index is 2.76. The average Bonchev–Trinajstić information content (AvgIpc) is 2.25. The first-order valence-corrected chi connectivity index (χ1v) is 5.98. The monoisotopic (exact) mass is 247 g/mol. The van der Waals surface area contributed by atoms with E-state index in [1.807, 2.05) is 0 Å². The van der Waals surface area contributed by atoms with Crippen LogP contribution in [0.4, 0.5) is 5.69 Å². The Morgan fingerprint density at radius 2 is 2.06 bits per heavy atom. The largest absolute Gasteiger partial charge is 0.394 e. The molecule has 0 aliphatic heterocycles. The van der Waals surface area contributed by atoms with Gasteiger partial charge in [-0.05, 0) is 18.2 Å². The van der Waals surface area contributed by atoms with Gasteiger partial charge in [-0.1, -0.05) is 6.07 Å². The highest BCUT2D eigenvalue weighted by atomic mass is 32.2. The Kier molecular flexibility index (Phi) is 4.25. The van der Waals surface area contributed by atoms with E-state index >= 15 is 0 Å². The molecule has 0 radical (unpaired) electrons. The van der Waals surface area contributed by atoms with Crippen LogP contribution in [0.1, 0.15) is 0 Å². The van der Waals surface area contributed by atoms with E-state index in [2.05, 4.69) is 5.32 Å². The second-order valence-corrected chi connectivity index (χ2v) is 4.64. The van der Waals surface area contributed by atoms with E-state index in [0.717, 1.165) is 0 Å². The quantitative estimate of drug-likeness (QED) is 0.532. The molecule has 1 unspecified atom stereocenters. The van der Waals surface area contributed by atoms with Crippen LogP contribution in [0.3, 0.4) is 0 Å². The minimum Gasteiger partial charge on any atom is -0.394 e. The molecule has 1 aromatic carbocycles. The Bertz CT molecular complexity index is 445. The van der Waals surface area contributed by atoms with Gasteiger partial charge in [-0.25, -0.2) is 0 Å². The highest BCUT2D eigenvalue weighted by Gasteiger charge is 2.09. The fourth-order valence-electron chi connectivity index (χ4n) is 1.07. The highest BCUT2D eigenvalue weighted by Crippen LogP contribution is 2.14. The Morgan fingerprint density at radius 3 is 2.62 bits per heavy atom. The van der Waals surface area contributed by atoms with Crippen molar-refractivity contribution in [3.05, 3.63) is 24.3 Å². The molecule has 4 N–H and O–H groups in total. The topological polar surface area (TPSA) is 107 Å². The Labute approximate surface area is 93.3 Å². The molecule has 0 aliphatic rings. The van der Waals surface area contributed by atoms with Crippen molar-refractivity contribution in [2.45, 2.75) is 11.0 Å². The van der Waals surface area contributed by atoms with Gasteiger partial charge in [0, 0.05) is 12.2 Å². The molecule has 0 spiro atoms. The number of aliphatic hydroxyl groups is 2. The summed E-state index contributed by atoms with van der Waals surface area (Å²) in [7, 11) is -4.22. The molecule has 0 saturated heterocycles. The number of hydrogen-bond acceptors (Lipinski definition) is 5.